The molecule has 0 saturated carbocycles. The van der Waals surface area contributed by atoms with Gasteiger partial charge in [-0.3, -0.25) is 10.1 Å². The molecular weight excluding hydrogens is 331 g/mol. The Morgan fingerprint density at radius 3 is 2.28 bits per heavy atom. The van der Waals surface area contributed by atoms with E-state index in [0.717, 1.165) is 17.7 Å². The number of carbonyl (C=O) groups is 1. The van der Waals surface area contributed by atoms with Crippen LogP contribution in [0.3, 0.4) is 0 Å². The van der Waals surface area contributed by atoms with E-state index in [4.69, 9.17) is 11.0 Å². The van der Waals surface area contributed by atoms with E-state index in [-0.39, 0.29) is 12.1 Å². The Kier molecular flexibility index (Phi) is 5.14. The highest BCUT2D eigenvalue weighted by molar-refractivity contribution is 5.85. The lowest BCUT2D eigenvalue weighted by Crippen LogP contribution is -2.50. The number of hydrogen-bond acceptors (Lipinski definition) is 3. The molecule has 1 atom stereocenters. The van der Waals surface area contributed by atoms with Crippen molar-refractivity contribution in [2.45, 2.75) is 25.2 Å². The predicted octanol–water partition coefficient (Wildman–Crippen LogP) is 3.07. The fourth-order valence-electron chi connectivity index (χ4n) is 2.31. The van der Waals surface area contributed by atoms with E-state index in [1.807, 2.05) is 6.07 Å². The smallest absolute Gasteiger partial charge is 0.368 e. The van der Waals surface area contributed by atoms with Gasteiger partial charge in [0.05, 0.1) is 17.2 Å². The second-order valence-corrected chi connectivity index (χ2v) is 5.73. The van der Waals surface area contributed by atoms with Crippen LogP contribution in [0.5, 0.6) is 0 Å². The van der Waals surface area contributed by atoms with E-state index in [1.54, 1.807) is 24.3 Å². The molecular formula is C18H16F3N3O. The van der Waals surface area contributed by atoms with Crippen LogP contribution in [0.2, 0.25) is 0 Å². The van der Waals surface area contributed by atoms with Crippen molar-refractivity contribution < 1.29 is 18.0 Å². The highest BCUT2D eigenvalue weighted by atomic mass is 19.4. The Morgan fingerprint density at radius 2 is 1.76 bits per heavy atom. The Labute approximate surface area is 143 Å². The number of alkyl halides is 3. The minimum Gasteiger partial charge on any atom is -0.368 e. The molecule has 2 aromatic carbocycles. The number of nitrogens with one attached hydrogen (secondary N) is 1. The Balaban J connectivity index is 2.29. The molecule has 0 heterocycles. The molecule has 1 unspecified atom stereocenters. The molecule has 7 heteroatoms. The molecule has 2 rings (SSSR count). The number of nitrogens with zero attached hydrogens (tertiary/aromatic N) is 1. The monoisotopic (exact) mass is 347 g/mol. The molecule has 3 N–H and O–H groups in total. The van der Waals surface area contributed by atoms with Gasteiger partial charge < -0.3 is 5.73 Å². The lowest BCUT2D eigenvalue weighted by Gasteiger charge is -2.29. The molecule has 1 amide bonds. The number of amides is 1. The minimum atomic E-state index is -4.51. The summed E-state index contributed by atoms with van der Waals surface area (Å²) in [5, 5.41) is 11.7. The second-order valence-electron chi connectivity index (χ2n) is 5.73. The maximum Gasteiger partial charge on any atom is 0.416 e. The van der Waals surface area contributed by atoms with Crippen molar-refractivity contribution in [2.24, 2.45) is 5.73 Å². The van der Waals surface area contributed by atoms with Crippen molar-refractivity contribution >= 4 is 5.91 Å². The van der Waals surface area contributed by atoms with Crippen LogP contribution in [0.4, 0.5) is 13.2 Å². The lowest BCUT2D eigenvalue weighted by atomic mass is 9.89. The molecule has 0 aliphatic carbocycles. The molecule has 2 aromatic rings. The van der Waals surface area contributed by atoms with Crippen LogP contribution >= 0.6 is 0 Å². The van der Waals surface area contributed by atoms with Crippen LogP contribution < -0.4 is 11.1 Å². The third-order valence-corrected chi connectivity index (χ3v) is 3.99. The van der Waals surface area contributed by atoms with E-state index >= 15 is 0 Å². The Morgan fingerprint density at radius 1 is 1.16 bits per heavy atom. The first kappa shape index (κ1) is 18.5. The van der Waals surface area contributed by atoms with Gasteiger partial charge >= 0.3 is 6.18 Å². The van der Waals surface area contributed by atoms with E-state index in [2.05, 4.69) is 5.32 Å². The van der Waals surface area contributed by atoms with E-state index in [0.29, 0.717) is 5.56 Å². The summed E-state index contributed by atoms with van der Waals surface area (Å²) in [5.41, 5.74) is 4.50. The number of carbonyl (C=O) groups excluding carboxylic acids is 1. The Bertz CT molecular complexity index is 810. The highest BCUT2D eigenvalue weighted by Gasteiger charge is 2.36. The average Bonchev–Trinajstić information content (AvgIpc) is 2.59. The summed E-state index contributed by atoms with van der Waals surface area (Å²) in [6, 6.07) is 13.1. The molecule has 0 bridgehead atoms. The fraction of sp³-hybridized carbons (Fsp3) is 0.222. The summed E-state index contributed by atoms with van der Waals surface area (Å²) in [4.78, 5) is 11.9. The number of primary amides is 1. The molecule has 0 aromatic heterocycles. The van der Waals surface area contributed by atoms with E-state index in [9.17, 15) is 18.0 Å². The van der Waals surface area contributed by atoms with Crippen molar-refractivity contribution in [3.8, 4) is 6.07 Å². The zero-order valence-corrected chi connectivity index (χ0v) is 13.4. The molecule has 25 heavy (non-hydrogen) atoms. The Hall–Kier alpha value is -2.85. The number of nitriles is 1. The van der Waals surface area contributed by atoms with Crippen LogP contribution in [0, 0.1) is 11.3 Å². The molecule has 130 valence electrons. The number of nitrogens with two attached hydrogens (primary N) is 1. The number of rotatable bonds is 5. The summed E-state index contributed by atoms with van der Waals surface area (Å²) >= 11 is 0. The van der Waals surface area contributed by atoms with Gasteiger partial charge in [0.2, 0.25) is 5.91 Å². The summed E-state index contributed by atoms with van der Waals surface area (Å²) in [6.07, 6.45) is -4.51. The standard InChI is InChI=1S/C18H16F3N3O/c1-17(16(23)25,14-3-2-4-15(9-14)18(19,20)21)24-11-13-7-5-12(10-22)6-8-13/h2-9,24H,11H2,1H3,(H2,23,25). The molecule has 0 fully saturated rings. The topological polar surface area (TPSA) is 78.9 Å². The highest BCUT2D eigenvalue weighted by Crippen LogP contribution is 2.32. The van der Waals surface area contributed by atoms with Crippen LogP contribution in [0.15, 0.2) is 48.5 Å². The van der Waals surface area contributed by atoms with Gasteiger partial charge in [0, 0.05) is 6.54 Å². The predicted molar refractivity (Wildman–Crippen MR) is 86.0 cm³/mol. The molecule has 0 radical (unpaired) electrons. The van der Waals surface area contributed by atoms with Crippen LogP contribution in [-0.4, -0.2) is 5.91 Å². The van der Waals surface area contributed by atoms with Crippen LogP contribution in [0.1, 0.15) is 29.2 Å². The van der Waals surface area contributed by atoms with Crippen molar-refractivity contribution in [3.05, 3.63) is 70.8 Å². The zero-order valence-electron chi connectivity index (χ0n) is 13.4. The SMILES string of the molecule is CC(NCc1ccc(C#N)cc1)(C(N)=O)c1cccc(C(F)(F)F)c1. The fourth-order valence-corrected chi connectivity index (χ4v) is 2.31. The lowest BCUT2D eigenvalue weighted by molar-refractivity contribution is -0.138. The third kappa shape index (κ3) is 4.17. The average molecular weight is 347 g/mol. The van der Waals surface area contributed by atoms with Gasteiger partial charge in [0.25, 0.3) is 0 Å². The van der Waals surface area contributed by atoms with Gasteiger partial charge in [-0.15, -0.1) is 0 Å². The van der Waals surface area contributed by atoms with Gasteiger partial charge in [0.15, 0.2) is 0 Å². The van der Waals surface area contributed by atoms with Crippen molar-refractivity contribution in [2.75, 3.05) is 0 Å². The van der Waals surface area contributed by atoms with E-state index in [1.165, 1.54) is 19.1 Å². The molecule has 4 nitrogen and oxygen atoms in total. The molecule has 0 aliphatic heterocycles. The number of halogens is 3. The van der Waals surface area contributed by atoms with Gasteiger partial charge in [-0.25, -0.2) is 0 Å². The van der Waals surface area contributed by atoms with Crippen molar-refractivity contribution in [1.82, 2.24) is 5.32 Å². The second kappa shape index (κ2) is 6.95. The summed E-state index contributed by atoms with van der Waals surface area (Å²) in [7, 11) is 0. The largest absolute Gasteiger partial charge is 0.416 e. The number of benzene rings is 2. The quantitative estimate of drug-likeness (QED) is 0.872. The maximum absolute atomic E-state index is 12.9. The third-order valence-electron chi connectivity index (χ3n) is 3.99. The van der Waals surface area contributed by atoms with Crippen molar-refractivity contribution in [1.29, 1.82) is 5.26 Å². The summed E-state index contributed by atoms with van der Waals surface area (Å²) in [5.74, 6) is -0.791. The van der Waals surface area contributed by atoms with Gasteiger partial charge in [0.1, 0.15) is 5.54 Å². The minimum absolute atomic E-state index is 0.128. The maximum atomic E-state index is 12.9. The molecule has 0 aliphatic rings. The van der Waals surface area contributed by atoms with Crippen molar-refractivity contribution in [3.63, 3.8) is 0 Å². The van der Waals surface area contributed by atoms with Gasteiger partial charge in [-0.05, 0) is 42.3 Å². The van der Waals surface area contributed by atoms with Gasteiger partial charge in [-0.1, -0.05) is 24.3 Å². The summed E-state index contributed by atoms with van der Waals surface area (Å²) < 4.78 is 38.7. The van der Waals surface area contributed by atoms with Crippen LogP contribution in [-0.2, 0) is 23.1 Å². The van der Waals surface area contributed by atoms with Crippen LogP contribution in [0.25, 0.3) is 0 Å². The zero-order chi connectivity index (χ0) is 18.7. The summed E-state index contributed by atoms with van der Waals surface area (Å²) in [6.45, 7) is 1.63. The van der Waals surface area contributed by atoms with E-state index < -0.39 is 23.2 Å². The molecule has 0 spiro atoms. The van der Waals surface area contributed by atoms with Gasteiger partial charge in [-0.2, -0.15) is 18.4 Å². The normalized spacial score (nSPS) is 13.7. The number of hydrogen-bond donors (Lipinski definition) is 2. The first-order valence-corrected chi connectivity index (χ1v) is 7.38. The first-order chi connectivity index (χ1) is 11.7. The molecule has 0 saturated heterocycles. The first-order valence-electron chi connectivity index (χ1n) is 7.38.